The molecule has 1 N–H and O–H groups in total. The van der Waals surface area contributed by atoms with Gasteiger partial charge in [-0.2, -0.15) is 0 Å². The summed E-state index contributed by atoms with van der Waals surface area (Å²) < 4.78 is 0. The quantitative estimate of drug-likeness (QED) is 0.798. The van der Waals surface area contributed by atoms with Gasteiger partial charge in [0.1, 0.15) is 0 Å². The standard InChI is InChI=1S/C13H26N2O/c1-7-9(3)10(4)15-11(5)14-13(6,8-2)12(15)16/h9-11,14H,7-8H2,1-6H3. The molecule has 0 aromatic rings. The SMILES string of the molecule is CCC(C)C(C)N1C(=O)C(C)(CC)NC1C. The van der Waals surface area contributed by atoms with Gasteiger partial charge >= 0.3 is 0 Å². The van der Waals surface area contributed by atoms with Crippen molar-refractivity contribution in [3.05, 3.63) is 0 Å². The minimum atomic E-state index is -0.360. The predicted octanol–water partition coefficient (Wildman–Crippen LogP) is 2.37. The highest BCUT2D eigenvalue weighted by Gasteiger charge is 2.47. The third kappa shape index (κ3) is 2.10. The van der Waals surface area contributed by atoms with E-state index in [0.717, 1.165) is 12.8 Å². The number of amides is 1. The van der Waals surface area contributed by atoms with E-state index in [1.54, 1.807) is 0 Å². The van der Waals surface area contributed by atoms with Crippen molar-refractivity contribution in [1.82, 2.24) is 10.2 Å². The normalized spacial score (nSPS) is 34.2. The molecule has 1 aliphatic rings. The van der Waals surface area contributed by atoms with Crippen molar-refractivity contribution in [1.29, 1.82) is 0 Å². The number of nitrogens with zero attached hydrogens (tertiary/aromatic N) is 1. The summed E-state index contributed by atoms with van der Waals surface area (Å²) in [6, 6.07) is 0.313. The number of nitrogens with one attached hydrogen (secondary N) is 1. The predicted molar refractivity (Wildman–Crippen MR) is 67.1 cm³/mol. The van der Waals surface area contributed by atoms with Gasteiger partial charge in [0.2, 0.25) is 5.91 Å². The molecule has 1 fully saturated rings. The highest BCUT2D eigenvalue weighted by Crippen LogP contribution is 2.28. The maximum absolute atomic E-state index is 12.4. The van der Waals surface area contributed by atoms with Gasteiger partial charge in [-0.05, 0) is 33.1 Å². The highest BCUT2D eigenvalue weighted by atomic mass is 16.2. The largest absolute Gasteiger partial charge is 0.323 e. The Labute approximate surface area is 99.6 Å². The van der Waals surface area contributed by atoms with Gasteiger partial charge in [-0.25, -0.2) is 0 Å². The number of carbonyl (C=O) groups is 1. The molecule has 0 aromatic heterocycles. The zero-order valence-electron chi connectivity index (χ0n) is 11.5. The van der Waals surface area contributed by atoms with Crippen LogP contribution in [0.25, 0.3) is 0 Å². The van der Waals surface area contributed by atoms with Gasteiger partial charge in [0.05, 0.1) is 11.7 Å². The average molecular weight is 226 g/mol. The van der Waals surface area contributed by atoms with Gasteiger partial charge in [0.25, 0.3) is 0 Å². The summed E-state index contributed by atoms with van der Waals surface area (Å²) in [5.41, 5.74) is -0.360. The van der Waals surface area contributed by atoms with Gasteiger partial charge in [-0.3, -0.25) is 10.1 Å². The van der Waals surface area contributed by atoms with Crippen LogP contribution in [0.1, 0.15) is 54.4 Å². The molecule has 0 bridgehead atoms. The van der Waals surface area contributed by atoms with E-state index < -0.39 is 0 Å². The first-order chi connectivity index (χ1) is 7.37. The molecule has 0 radical (unpaired) electrons. The molecule has 1 aliphatic heterocycles. The summed E-state index contributed by atoms with van der Waals surface area (Å²) in [6.45, 7) is 12.7. The van der Waals surface area contributed by atoms with Crippen molar-refractivity contribution in [2.75, 3.05) is 0 Å². The molecule has 1 heterocycles. The molecule has 3 heteroatoms. The van der Waals surface area contributed by atoms with Crippen LogP contribution in [0.15, 0.2) is 0 Å². The summed E-state index contributed by atoms with van der Waals surface area (Å²) in [5.74, 6) is 0.808. The lowest BCUT2D eigenvalue weighted by Crippen LogP contribution is -2.46. The summed E-state index contributed by atoms with van der Waals surface area (Å²) >= 11 is 0. The molecule has 4 unspecified atom stereocenters. The molecule has 3 nitrogen and oxygen atoms in total. The highest BCUT2D eigenvalue weighted by molar-refractivity contribution is 5.88. The van der Waals surface area contributed by atoms with Crippen molar-refractivity contribution in [3.63, 3.8) is 0 Å². The fourth-order valence-corrected chi connectivity index (χ4v) is 2.46. The Bertz CT molecular complexity index is 267. The number of hydrogen-bond donors (Lipinski definition) is 1. The van der Waals surface area contributed by atoms with E-state index in [1.165, 1.54) is 0 Å². The van der Waals surface area contributed by atoms with Crippen LogP contribution in [0, 0.1) is 5.92 Å². The molecule has 0 aromatic carbocycles. The van der Waals surface area contributed by atoms with Gasteiger partial charge in [-0.15, -0.1) is 0 Å². The number of hydrogen-bond acceptors (Lipinski definition) is 2. The Kier molecular flexibility index (Phi) is 4.00. The minimum absolute atomic E-state index is 0.154. The van der Waals surface area contributed by atoms with Crippen LogP contribution < -0.4 is 5.32 Å². The number of carbonyl (C=O) groups excluding carboxylic acids is 1. The molecule has 1 saturated heterocycles. The Morgan fingerprint density at radius 3 is 2.38 bits per heavy atom. The summed E-state index contributed by atoms with van der Waals surface area (Å²) in [5, 5.41) is 3.42. The van der Waals surface area contributed by atoms with Gasteiger partial charge in [0.15, 0.2) is 0 Å². The topological polar surface area (TPSA) is 32.3 Å². The van der Waals surface area contributed by atoms with E-state index in [9.17, 15) is 4.79 Å². The lowest BCUT2D eigenvalue weighted by molar-refractivity contribution is -0.135. The number of rotatable bonds is 4. The Balaban J connectivity index is 2.86. The Hall–Kier alpha value is -0.570. The molecule has 0 spiro atoms. The Morgan fingerprint density at radius 2 is 2.00 bits per heavy atom. The molecular formula is C13H26N2O. The summed E-state index contributed by atoms with van der Waals surface area (Å²) in [4.78, 5) is 14.4. The molecule has 1 rings (SSSR count). The molecular weight excluding hydrogens is 200 g/mol. The van der Waals surface area contributed by atoms with Crippen molar-refractivity contribution in [3.8, 4) is 0 Å². The van der Waals surface area contributed by atoms with E-state index in [2.05, 4.69) is 39.9 Å². The monoisotopic (exact) mass is 226 g/mol. The molecule has 4 atom stereocenters. The van der Waals surface area contributed by atoms with Crippen LogP contribution in [0.3, 0.4) is 0 Å². The van der Waals surface area contributed by atoms with Crippen molar-refractivity contribution in [2.45, 2.75) is 72.1 Å². The third-order valence-electron chi connectivity index (χ3n) is 4.26. The lowest BCUT2D eigenvalue weighted by atomic mass is 9.96. The second kappa shape index (κ2) is 4.74. The first-order valence-electron chi connectivity index (χ1n) is 6.47. The second-order valence-corrected chi connectivity index (χ2v) is 5.34. The van der Waals surface area contributed by atoms with Crippen molar-refractivity contribution < 1.29 is 4.79 Å². The molecule has 1 amide bonds. The minimum Gasteiger partial charge on any atom is -0.323 e. The summed E-state index contributed by atoms with van der Waals surface area (Å²) in [6.07, 6.45) is 2.11. The van der Waals surface area contributed by atoms with E-state index in [4.69, 9.17) is 0 Å². The molecule has 16 heavy (non-hydrogen) atoms. The molecule has 94 valence electrons. The van der Waals surface area contributed by atoms with E-state index in [1.807, 2.05) is 11.8 Å². The second-order valence-electron chi connectivity index (χ2n) is 5.34. The first-order valence-corrected chi connectivity index (χ1v) is 6.47. The summed E-state index contributed by atoms with van der Waals surface area (Å²) in [7, 11) is 0. The maximum atomic E-state index is 12.4. The molecule has 0 aliphatic carbocycles. The smallest absolute Gasteiger partial charge is 0.244 e. The van der Waals surface area contributed by atoms with E-state index in [-0.39, 0.29) is 17.6 Å². The Morgan fingerprint density at radius 1 is 1.44 bits per heavy atom. The average Bonchev–Trinajstić information content (AvgIpc) is 2.49. The third-order valence-corrected chi connectivity index (χ3v) is 4.26. The first kappa shape index (κ1) is 13.5. The fourth-order valence-electron chi connectivity index (χ4n) is 2.46. The zero-order chi connectivity index (χ0) is 12.5. The van der Waals surface area contributed by atoms with Crippen molar-refractivity contribution >= 4 is 5.91 Å². The van der Waals surface area contributed by atoms with E-state index >= 15 is 0 Å². The maximum Gasteiger partial charge on any atom is 0.244 e. The van der Waals surface area contributed by atoms with Crippen LogP contribution in [-0.2, 0) is 4.79 Å². The van der Waals surface area contributed by atoms with Crippen LogP contribution >= 0.6 is 0 Å². The van der Waals surface area contributed by atoms with Gasteiger partial charge in [-0.1, -0.05) is 27.2 Å². The van der Waals surface area contributed by atoms with E-state index in [0.29, 0.717) is 12.0 Å². The van der Waals surface area contributed by atoms with Gasteiger partial charge in [0, 0.05) is 6.04 Å². The van der Waals surface area contributed by atoms with Crippen LogP contribution in [-0.4, -0.2) is 28.6 Å². The lowest BCUT2D eigenvalue weighted by Gasteiger charge is -2.32. The van der Waals surface area contributed by atoms with Gasteiger partial charge < -0.3 is 4.90 Å². The van der Waals surface area contributed by atoms with Crippen LogP contribution in [0.2, 0.25) is 0 Å². The fraction of sp³-hybridized carbons (Fsp3) is 0.923. The zero-order valence-corrected chi connectivity index (χ0v) is 11.5. The van der Waals surface area contributed by atoms with Crippen LogP contribution in [0.5, 0.6) is 0 Å². The van der Waals surface area contributed by atoms with Crippen molar-refractivity contribution in [2.24, 2.45) is 5.92 Å². The van der Waals surface area contributed by atoms with Crippen LogP contribution in [0.4, 0.5) is 0 Å². The molecule has 0 saturated carbocycles.